The van der Waals surface area contributed by atoms with Crippen molar-refractivity contribution in [1.82, 2.24) is 15.0 Å². The Balaban J connectivity index is 1.31. The van der Waals surface area contributed by atoms with Crippen LogP contribution in [-0.2, 0) is 4.74 Å². The van der Waals surface area contributed by atoms with Crippen molar-refractivity contribution in [2.75, 3.05) is 46.7 Å². The lowest BCUT2D eigenvalue weighted by Gasteiger charge is -2.28. The van der Waals surface area contributed by atoms with Crippen molar-refractivity contribution in [3.05, 3.63) is 48.5 Å². The molecule has 1 aromatic carbocycles. The third-order valence-corrected chi connectivity index (χ3v) is 6.57. The first-order chi connectivity index (χ1) is 17.4. The molecule has 0 spiro atoms. The van der Waals surface area contributed by atoms with E-state index in [0.29, 0.717) is 24.0 Å². The minimum atomic E-state index is -0.481. The number of halogens is 1. The van der Waals surface area contributed by atoms with Crippen LogP contribution in [-0.4, -0.2) is 64.7 Å². The van der Waals surface area contributed by atoms with E-state index < -0.39 is 5.82 Å². The number of fused-ring (bicyclic) bond motifs is 1. The fourth-order valence-corrected chi connectivity index (χ4v) is 4.95. The molecule has 3 N–H and O–H groups in total. The van der Waals surface area contributed by atoms with Gasteiger partial charge in [0.15, 0.2) is 5.82 Å². The van der Waals surface area contributed by atoms with Crippen LogP contribution < -0.4 is 20.4 Å². The van der Waals surface area contributed by atoms with E-state index in [1.54, 1.807) is 6.20 Å². The molecule has 5 rings (SSSR count). The quantitative estimate of drug-likeness (QED) is 0.430. The third kappa shape index (κ3) is 4.91. The van der Waals surface area contributed by atoms with Crippen molar-refractivity contribution < 1.29 is 14.2 Å². The number of aliphatic hydroxyl groups excluding tert-OH is 1. The van der Waals surface area contributed by atoms with Crippen LogP contribution in [0.4, 0.5) is 33.2 Å². The molecule has 2 aromatic heterocycles. The number of aromatic nitrogens is 3. The average Bonchev–Trinajstić information content (AvgIpc) is 3.47. The Kier molecular flexibility index (Phi) is 6.88. The summed E-state index contributed by atoms with van der Waals surface area (Å²) in [6.07, 6.45) is 4.17. The molecule has 36 heavy (non-hydrogen) atoms. The molecule has 2 aliphatic rings. The standard InChI is InChI=1S/C26H32FN7O2/c1-16(2)34-17(3)30-22-6-4-18(12-23(22)34)25-21(27)14-29-26(32-25)31-24-7-5-19(13-28-24)33-9-8-20(15-33)36-11-10-35/h4-7,12-14,16-17,20,30,35H,8-11,15H2,1-3H3,(H,28,29,31,32). The summed E-state index contributed by atoms with van der Waals surface area (Å²) in [5.41, 5.74) is 3.98. The number of anilines is 5. The topological polar surface area (TPSA) is 98.7 Å². The summed E-state index contributed by atoms with van der Waals surface area (Å²) in [5.74, 6) is 0.366. The first kappa shape index (κ1) is 24.2. The Morgan fingerprint density at radius 3 is 2.83 bits per heavy atom. The van der Waals surface area contributed by atoms with E-state index in [1.165, 1.54) is 6.20 Å². The van der Waals surface area contributed by atoms with Gasteiger partial charge in [-0.15, -0.1) is 0 Å². The van der Waals surface area contributed by atoms with E-state index >= 15 is 0 Å². The molecule has 1 fully saturated rings. The average molecular weight is 494 g/mol. The zero-order chi connectivity index (χ0) is 25.2. The predicted octanol–water partition coefficient (Wildman–Crippen LogP) is 4.00. The van der Waals surface area contributed by atoms with Crippen molar-refractivity contribution in [2.45, 2.75) is 45.5 Å². The van der Waals surface area contributed by atoms with E-state index in [0.717, 1.165) is 36.6 Å². The van der Waals surface area contributed by atoms with E-state index in [1.807, 2.05) is 30.3 Å². The first-order valence-corrected chi connectivity index (χ1v) is 12.3. The maximum Gasteiger partial charge on any atom is 0.229 e. The van der Waals surface area contributed by atoms with E-state index in [9.17, 15) is 4.39 Å². The SMILES string of the molecule is CC(C)N1c2cc(-c3nc(Nc4ccc(N5CCC(OCCO)C5)cn4)ncc3F)ccc2NC1C. The highest BCUT2D eigenvalue weighted by molar-refractivity contribution is 5.81. The van der Waals surface area contributed by atoms with Gasteiger partial charge in [-0.1, -0.05) is 6.07 Å². The van der Waals surface area contributed by atoms with Crippen LogP contribution in [0.5, 0.6) is 0 Å². The molecule has 9 nitrogen and oxygen atoms in total. The van der Waals surface area contributed by atoms with Crippen molar-refractivity contribution in [1.29, 1.82) is 0 Å². The van der Waals surface area contributed by atoms with Gasteiger partial charge in [-0.05, 0) is 51.5 Å². The number of rotatable bonds is 8. The summed E-state index contributed by atoms with van der Waals surface area (Å²) in [5, 5.41) is 15.5. The monoisotopic (exact) mass is 493 g/mol. The van der Waals surface area contributed by atoms with Crippen LogP contribution in [0.1, 0.15) is 27.2 Å². The van der Waals surface area contributed by atoms with Crippen LogP contribution in [0.2, 0.25) is 0 Å². The second-order valence-corrected chi connectivity index (χ2v) is 9.42. The number of pyridine rings is 1. The second kappa shape index (κ2) is 10.2. The number of aliphatic hydroxyl groups is 1. The van der Waals surface area contributed by atoms with Crippen LogP contribution in [0, 0.1) is 5.82 Å². The summed E-state index contributed by atoms with van der Waals surface area (Å²) >= 11 is 0. The largest absolute Gasteiger partial charge is 0.394 e. The van der Waals surface area contributed by atoms with Crippen LogP contribution in [0.25, 0.3) is 11.3 Å². The summed E-state index contributed by atoms with van der Waals surface area (Å²) in [4.78, 5) is 17.6. The summed E-state index contributed by atoms with van der Waals surface area (Å²) in [6.45, 7) is 8.41. The fourth-order valence-electron chi connectivity index (χ4n) is 4.95. The highest BCUT2D eigenvalue weighted by atomic mass is 19.1. The number of nitrogens with zero attached hydrogens (tertiary/aromatic N) is 5. The Morgan fingerprint density at radius 1 is 1.22 bits per heavy atom. The molecule has 1 saturated heterocycles. The van der Waals surface area contributed by atoms with Gasteiger partial charge in [0.2, 0.25) is 5.95 Å². The lowest BCUT2D eigenvalue weighted by atomic mass is 10.1. The zero-order valence-corrected chi connectivity index (χ0v) is 20.8. The van der Waals surface area contributed by atoms with Gasteiger partial charge in [-0.25, -0.2) is 19.3 Å². The number of benzene rings is 1. The van der Waals surface area contributed by atoms with Gasteiger partial charge in [-0.3, -0.25) is 0 Å². The van der Waals surface area contributed by atoms with Crippen molar-refractivity contribution in [3.8, 4) is 11.3 Å². The number of ether oxygens (including phenoxy) is 1. The van der Waals surface area contributed by atoms with Gasteiger partial charge < -0.3 is 30.3 Å². The molecular formula is C26H32FN7O2. The van der Waals surface area contributed by atoms with E-state index in [-0.39, 0.29) is 30.5 Å². The number of hydrogen-bond donors (Lipinski definition) is 3. The van der Waals surface area contributed by atoms with Crippen LogP contribution in [0.15, 0.2) is 42.7 Å². The van der Waals surface area contributed by atoms with Crippen LogP contribution in [0.3, 0.4) is 0 Å². The van der Waals surface area contributed by atoms with Gasteiger partial charge in [0.1, 0.15) is 11.5 Å². The molecule has 2 atom stereocenters. The maximum absolute atomic E-state index is 14.8. The van der Waals surface area contributed by atoms with Crippen molar-refractivity contribution in [3.63, 3.8) is 0 Å². The Hall–Kier alpha value is -3.50. The number of nitrogens with one attached hydrogen (secondary N) is 2. The van der Waals surface area contributed by atoms with Crippen LogP contribution >= 0.6 is 0 Å². The minimum absolute atomic E-state index is 0.0326. The molecule has 3 aromatic rings. The molecule has 0 aliphatic carbocycles. The maximum atomic E-state index is 14.8. The molecule has 10 heteroatoms. The van der Waals surface area contributed by atoms with Gasteiger partial charge in [0.05, 0.1) is 54.9 Å². The number of hydrogen-bond acceptors (Lipinski definition) is 9. The molecule has 2 aliphatic heterocycles. The van der Waals surface area contributed by atoms with Gasteiger partial charge in [0, 0.05) is 24.7 Å². The van der Waals surface area contributed by atoms with Crippen molar-refractivity contribution in [2.24, 2.45) is 0 Å². The summed E-state index contributed by atoms with van der Waals surface area (Å²) < 4.78 is 20.4. The first-order valence-electron chi connectivity index (χ1n) is 12.3. The zero-order valence-electron chi connectivity index (χ0n) is 20.8. The van der Waals surface area contributed by atoms with Crippen molar-refractivity contribution >= 4 is 28.8 Å². The van der Waals surface area contributed by atoms with Gasteiger partial charge in [0.25, 0.3) is 0 Å². The van der Waals surface area contributed by atoms with E-state index in [4.69, 9.17) is 9.84 Å². The molecule has 0 amide bonds. The molecule has 0 radical (unpaired) electrons. The lowest BCUT2D eigenvalue weighted by Crippen LogP contribution is -2.38. The second-order valence-electron chi connectivity index (χ2n) is 9.42. The van der Waals surface area contributed by atoms with Gasteiger partial charge >= 0.3 is 0 Å². The molecule has 0 saturated carbocycles. The Labute approximate surface area is 210 Å². The predicted molar refractivity (Wildman–Crippen MR) is 139 cm³/mol. The minimum Gasteiger partial charge on any atom is -0.394 e. The summed E-state index contributed by atoms with van der Waals surface area (Å²) in [6, 6.07) is 9.94. The third-order valence-electron chi connectivity index (χ3n) is 6.57. The highest BCUT2D eigenvalue weighted by Gasteiger charge is 2.28. The smallest absolute Gasteiger partial charge is 0.229 e. The molecular weight excluding hydrogens is 461 g/mol. The fraction of sp³-hybridized carbons (Fsp3) is 0.423. The molecule has 4 heterocycles. The molecule has 0 bridgehead atoms. The highest BCUT2D eigenvalue weighted by Crippen LogP contribution is 2.39. The van der Waals surface area contributed by atoms with Gasteiger partial charge in [-0.2, -0.15) is 0 Å². The summed E-state index contributed by atoms with van der Waals surface area (Å²) in [7, 11) is 0. The lowest BCUT2D eigenvalue weighted by molar-refractivity contribution is 0.0411. The normalized spacial score (nSPS) is 19.1. The Bertz CT molecular complexity index is 1210. The molecule has 190 valence electrons. The Morgan fingerprint density at radius 2 is 2.08 bits per heavy atom. The van der Waals surface area contributed by atoms with E-state index in [2.05, 4.69) is 56.2 Å². The molecule has 2 unspecified atom stereocenters.